The van der Waals surface area contributed by atoms with Gasteiger partial charge in [-0.05, 0) is 55.5 Å². The number of pyridine rings is 1. The molecule has 2 unspecified atom stereocenters. The molecule has 1 aromatic heterocycles. The number of aromatic nitrogens is 1. The van der Waals surface area contributed by atoms with Crippen molar-refractivity contribution in [3.8, 4) is 0 Å². The molecule has 2 heterocycles. The van der Waals surface area contributed by atoms with E-state index in [1.54, 1.807) is 0 Å². The van der Waals surface area contributed by atoms with Gasteiger partial charge in [0.05, 0.1) is 0 Å². The Labute approximate surface area is 98.7 Å². The van der Waals surface area contributed by atoms with E-state index >= 15 is 0 Å². The van der Waals surface area contributed by atoms with Crippen LogP contribution < -0.4 is 0 Å². The van der Waals surface area contributed by atoms with Crippen LogP contribution in [0.2, 0.25) is 0 Å². The van der Waals surface area contributed by atoms with Crippen LogP contribution >= 0.6 is 0 Å². The van der Waals surface area contributed by atoms with E-state index in [2.05, 4.69) is 35.9 Å². The van der Waals surface area contributed by atoms with Gasteiger partial charge in [0, 0.05) is 18.9 Å². The topological polar surface area (TPSA) is 16.1 Å². The van der Waals surface area contributed by atoms with E-state index in [9.17, 15) is 0 Å². The molecule has 0 aromatic carbocycles. The van der Waals surface area contributed by atoms with Crippen molar-refractivity contribution in [1.29, 1.82) is 0 Å². The predicted molar refractivity (Wildman–Crippen MR) is 67.1 cm³/mol. The molecule has 2 atom stereocenters. The minimum atomic E-state index is 0.877. The zero-order chi connectivity index (χ0) is 11.4. The molecule has 2 rings (SSSR count). The largest absolute Gasteiger partial charge is 0.299 e. The molecule has 1 aliphatic rings. The zero-order valence-electron chi connectivity index (χ0n) is 10.4. The first-order valence-corrected chi connectivity index (χ1v) is 6.37. The molecule has 1 aliphatic heterocycles. The molecule has 0 saturated carbocycles. The lowest BCUT2D eigenvalue weighted by atomic mass is 9.92. The summed E-state index contributed by atoms with van der Waals surface area (Å²) in [4.78, 5) is 6.64. The van der Waals surface area contributed by atoms with E-state index in [1.165, 1.54) is 31.5 Å². The molecule has 0 bridgehead atoms. The monoisotopic (exact) mass is 218 g/mol. The highest BCUT2D eigenvalue weighted by atomic mass is 15.1. The van der Waals surface area contributed by atoms with Crippen LogP contribution in [0.4, 0.5) is 0 Å². The Hall–Kier alpha value is -0.890. The number of rotatable bonds is 2. The van der Waals surface area contributed by atoms with E-state index in [1.807, 2.05) is 12.4 Å². The maximum Gasteiger partial charge on any atom is 0.0271 e. The quantitative estimate of drug-likeness (QED) is 0.758. The van der Waals surface area contributed by atoms with Crippen LogP contribution in [-0.2, 0) is 6.54 Å². The second-order valence-corrected chi connectivity index (χ2v) is 5.16. The Bertz CT molecular complexity index is 298. The molecule has 16 heavy (non-hydrogen) atoms. The van der Waals surface area contributed by atoms with Gasteiger partial charge in [-0.25, -0.2) is 0 Å². The highest BCUT2D eigenvalue weighted by molar-refractivity contribution is 5.09. The van der Waals surface area contributed by atoms with Gasteiger partial charge in [-0.1, -0.05) is 13.8 Å². The van der Waals surface area contributed by atoms with Gasteiger partial charge in [0.2, 0.25) is 0 Å². The summed E-state index contributed by atoms with van der Waals surface area (Å²) in [6.07, 6.45) is 6.45. The molecular formula is C14H22N2. The molecule has 1 saturated heterocycles. The second-order valence-electron chi connectivity index (χ2n) is 5.16. The van der Waals surface area contributed by atoms with Crippen molar-refractivity contribution in [2.45, 2.75) is 33.2 Å². The molecule has 1 aromatic rings. The number of nitrogens with zero attached hydrogens (tertiary/aromatic N) is 2. The third kappa shape index (κ3) is 3.05. The smallest absolute Gasteiger partial charge is 0.0271 e. The van der Waals surface area contributed by atoms with Crippen molar-refractivity contribution in [3.63, 3.8) is 0 Å². The normalized spacial score (nSPS) is 27.6. The van der Waals surface area contributed by atoms with E-state index in [4.69, 9.17) is 0 Å². The van der Waals surface area contributed by atoms with Gasteiger partial charge in [-0.2, -0.15) is 0 Å². The van der Waals surface area contributed by atoms with Crippen LogP contribution in [0.1, 0.15) is 32.3 Å². The Morgan fingerprint density at radius 3 is 2.25 bits per heavy atom. The van der Waals surface area contributed by atoms with Crippen molar-refractivity contribution in [3.05, 3.63) is 30.1 Å². The van der Waals surface area contributed by atoms with Crippen LogP contribution in [0.5, 0.6) is 0 Å². The van der Waals surface area contributed by atoms with Gasteiger partial charge in [0.25, 0.3) is 0 Å². The van der Waals surface area contributed by atoms with Crippen LogP contribution in [0.15, 0.2) is 24.5 Å². The van der Waals surface area contributed by atoms with Crippen molar-refractivity contribution in [1.82, 2.24) is 9.88 Å². The predicted octanol–water partition coefficient (Wildman–Crippen LogP) is 2.95. The summed E-state index contributed by atoms with van der Waals surface area (Å²) in [7, 11) is 0. The van der Waals surface area contributed by atoms with Gasteiger partial charge in [-0.15, -0.1) is 0 Å². The SMILES string of the molecule is CC1CCN(Cc2ccncc2)CCC1C. The first-order valence-electron chi connectivity index (χ1n) is 6.37. The van der Waals surface area contributed by atoms with Gasteiger partial charge in [0.1, 0.15) is 0 Å². The van der Waals surface area contributed by atoms with Crippen molar-refractivity contribution < 1.29 is 0 Å². The van der Waals surface area contributed by atoms with E-state index < -0.39 is 0 Å². The van der Waals surface area contributed by atoms with Crippen LogP contribution in [-0.4, -0.2) is 23.0 Å². The van der Waals surface area contributed by atoms with Gasteiger partial charge >= 0.3 is 0 Å². The summed E-state index contributed by atoms with van der Waals surface area (Å²) in [6, 6.07) is 4.25. The van der Waals surface area contributed by atoms with Crippen molar-refractivity contribution >= 4 is 0 Å². The van der Waals surface area contributed by atoms with Crippen LogP contribution in [0.25, 0.3) is 0 Å². The highest BCUT2D eigenvalue weighted by Crippen LogP contribution is 2.23. The summed E-state index contributed by atoms with van der Waals surface area (Å²) in [5, 5.41) is 0. The fourth-order valence-electron chi connectivity index (χ4n) is 2.36. The molecule has 0 spiro atoms. The lowest BCUT2D eigenvalue weighted by Crippen LogP contribution is -2.24. The van der Waals surface area contributed by atoms with E-state index in [0.29, 0.717) is 0 Å². The summed E-state index contributed by atoms with van der Waals surface area (Å²) < 4.78 is 0. The molecule has 0 N–H and O–H groups in total. The Balaban J connectivity index is 1.91. The fourth-order valence-corrected chi connectivity index (χ4v) is 2.36. The van der Waals surface area contributed by atoms with Crippen molar-refractivity contribution in [2.24, 2.45) is 11.8 Å². The van der Waals surface area contributed by atoms with Gasteiger partial charge in [0.15, 0.2) is 0 Å². The first kappa shape index (κ1) is 11.6. The molecule has 0 radical (unpaired) electrons. The summed E-state index contributed by atoms with van der Waals surface area (Å²) in [6.45, 7) is 8.35. The van der Waals surface area contributed by atoms with Gasteiger partial charge < -0.3 is 0 Å². The summed E-state index contributed by atoms with van der Waals surface area (Å²) in [5.74, 6) is 1.75. The molecule has 2 nitrogen and oxygen atoms in total. The Kier molecular flexibility index (Phi) is 3.94. The minimum absolute atomic E-state index is 0.877. The van der Waals surface area contributed by atoms with Crippen molar-refractivity contribution in [2.75, 3.05) is 13.1 Å². The number of hydrogen-bond acceptors (Lipinski definition) is 2. The third-order valence-electron chi connectivity index (χ3n) is 3.93. The fraction of sp³-hybridized carbons (Fsp3) is 0.643. The highest BCUT2D eigenvalue weighted by Gasteiger charge is 2.19. The molecule has 88 valence electrons. The molecule has 2 heteroatoms. The first-order chi connectivity index (χ1) is 7.75. The maximum atomic E-state index is 4.06. The van der Waals surface area contributed by atoms with Crippen LogP contribution in [0, 0.1) is 11.8 Å². The standard InChI is InChI=1S/C14H22N2/c1-12-5-9-16(10-6-13(12)2)11-14-3-7-15-8-4-14/h3-4,7-8,12-13H,5-6,9-11H2,1-2H3. The number of hydrogen-bond donors (Lipinski definition) is 0. The Morgan fingerprint density at radius 1 is 1.12 bits per heavy atom. The molecule has 0 aliphatic carbocycles. The average Bonchev–Trinajstić information content (AvgIpc) is 2.46. The minimum Gasteiger partial charge on any atom is -0.299 e. The lowest BCUT2D eigenvalue weighted by Gasteiger charge is -2.19. The Morgan fingerprint density at radius 2 is 1.69 bits per heavy atom. The van der Waals surface area contributed by atoms with E-state index in [-0.39, 0.29) is 0 Å². The second kappa shape index (κ2) is 5.44. The molecular weight excluding hydrogens is 196 g/mol. The molecule has 0 amide bonds. The summed E-state index contributed by atoms with van der Waals surface area (Å²) >= 11 is 0. The number of likely N-dealkylation sites (tertiary alicyclic amines) is 1. The third-order valence-corrected chi connectivity index (χ3v) is 3.93. The molecule has 1 fully saturated rings. The summed E-state index contributed by atoms with van der Waals surface area (Å²) in [5.41, 5.74) is 1.39. The van der Waals surface area contributed by atoms with Gasteiger partial charge in [-0.3, -0.25) is 9.88 Å². The van der Waals surface area contributed by atoms with Crippen LogP contribution in [0.3, 0.4) is 0 Å². The maximum absolute atomic E-state index is 4.06. The average molecular weight is 218 g/mol. The zero-order valence-corrected chi connectivity index (χ0v) is 10.4. The van der Waals surface area contributed by atoms with E-state index in [0.717, 1.165) is 18.4 Å². The lowest BCUT2D eigenvalue weighted by molar-refractivity contribution is 0.272.